The van der Waals surface area contributed by atoms with E-state index < -0.39 is 0 Å². The average Bonchev–Trinajstić information content (AvgIpc) is 2.99. The van der Waals surface area contributed by atoms with Crippen molar-refractivity contribution in [2.45, 2.75) is 51.9 Å². The molecule has 3 rings (SSSR count). The maximum atomic E-state index is 6.19. The number of aryl methyl sites for hydroxylation is 3. The van der Waals surface area contributed by atoms with Gasteiger partial charge in [0.05, 0.1) is 0 Å². The molecule has 2 nitrogen and oxygen atoms in total. The van der Waals surface area contributed by atoms with Crippen molar-refractivity contribution in [3.8, 4) is 0 Å². The van der Waals surface area contributed by atoms with E-state index in [0.29, 0.717) is 0 Å². The molecule has 0 aliphatic heterocycles. The molecule has 2 heteroatoms. The van der Waals surface area contributed by atoms with Crippen LogP contribution in [0.4, 0.5) is 0 Å². The maximum Gasteiger partial charge on any atom is 0.0491 e. The van der Waals surface area contributed by atoms with E-state index in [1.807, 2.05) is 0 Å². The monoisotopic (exact) mass is 256 g/mol. The zero-order valence-corrected chi connectivity index (χ0v) is 12.3. The number of aromatic amines is 1. The summed E-state index contributed by atoms with van der Waals surface area (Å²) in [6.45, 7) is 7.39. The lowest BCUT2D eigenvalue weighted by atomic mass is 9.76. The summed E-state index contributed by atoms with van der Waals surface area (Å²) in [6, 6.07) is 4.45. The van der Waals surface area contributed by atoms with Crippen LogP contribution >= 0.6 is 0 Å². The molecule has 0 radical (unpaired) electrons. The van der Waals surface area contributed by atoms with E-state index in [4.69, 9.17) is 5.73 Å². The second kappa shape index (κ2) is 4.38. The number of aromatic nitrogens is 1. The number of hydrogen-bond donors (Lipinski definition) is 2. The van der Waals surface area contributed by atoms with Crippen molar-refractivity contribution in [3.63, 3.8) is 0 Å². The van der Waals surface area contributed by atoms with Gasteiger partial charge in [-0.25, -0.2) is 0 Å². The van der Waals surface area contributed by atoms with Crippen molar-refractivity contribution in [3.05, 3.63) is 34.5 Å². The van der Waals surface area contributed by atoms with E-state index >= 15 is 0 Å². The summed E-state index contributed by atoms with van der Waals surface area (Å²) in [5, 5.41) is 1.44. The van der Waals surface area contributed by atoms with Gasteiger partial charge in [0, 0.05) is 28.6 Å². The Morgan fingerprint density at radius 1 is 1.11 bits per heavy atom. The molecule has 102 valence electrons. The lowest BCUT2D eigenvalue weighted by Crippen LogP contribution is -2.32. The van der Waals surface area contributed by atoms with Crippen LogP contribution in [0.3, 0.4) is 0 Å². The molecule has 0 spiro atoms. The van der Waals surface area contributed by atoms with Gasteiger partial charge in [0.2, 0.25) is 0 Å². The number of rotatable bonds is 2. The molecule has 1 aliphatic carbocycles. The standard InChI is InChI=1S/C17H24N2/c1-11-6-7-12(2)16-14(11)15(13(3)19-16)17(10-18)8-4-5-9-17/h6-7,19H,4-5,8-10,18H2,1-3H3. The second-order valence-electron chi connectivity index (χ2n) is 6.27. The SMILES string of the molecule is Cc1[nH]c2c(C)ccc(C)c2c1C1(CN)CCCC1. The second-order valence-corrected chi connectivity index (χ2v) is 6.27. The molecule has 0 saturated heterocycles. The number of nitrogens with one attached hydrogen (secondary N) is 1. The molecule has 1 saturated carbocycles. The van der Waals surface area contributed by atoms with E-state index in [9.17, 15) is 0 Å². The lowest BCUT2D eigenvalue weighted by molar-refractivity contribution is 0.454. The van der Waals surface area contributed by atoms with Gasteiger partial charge in [-0.2, -0.15) is 0 Å². The van der Waals surface area contributed by atoms with Crippen LogP contribution in [0.2, 0.25) is 0 Å². The van der Waals surface area contributed by atoms with Crippen molar-refractivity contribution in [1.29, 1.82) is 0 Å². The minimum absolute atomic E-state index is 0.209. The Morgan fingerprint density at radius 2 is 1.74 bits per heavy atom. The fraction of sp³-hybridized carbons (Fsp3) is 0.529. The summed E-state index contributed by atoms with van der Waals surface area (Å²) in [7, 11) is 0. The van der Waals surface area contributed by atoms with Crippen molar-refractivity contribution in [2.75, 3.05) is 6.54 Å². The molecule has 2 aromatic rings. The summed E-state index contributed by atoms with van der Waals surface area (Å²) in [4.78, 5) is 3.62. The van der Waals surface area contributed by atoms with Crippen LogP contribution in [0.15, 0.2) is 12.1 Å². The molecular formula is C17H24N2. The van der Waals surface area contributed by atoms with Gasteiger partial charge in [0.25, 0.3) is 0 Å². The highest BCUT2D eigenvalue weighted by Crippen LogP contribution is 2.45. The first-order valence-corrected chi connectivity index (χ1v) is 7.38. The normalized spacial score (nSPS) is 18.3. The Bertz CT molecular complexity index is 616. The molecule has 1 aromatic heterocycles. The first-order chi connectivity index (χ1) is 9.09. The highest BCUT2D eigenvalue weighted by Gasteiger charge is 2.38. The molecule has 19 heavy (non-hydrogen) atoms. The molecule has 1 aromatic carbocycles. The Hall–Kier alpha value is -1.28. The van der Waals surface area contributed by atoms with E-state index in [1.165, 1.54) is 59.0 Å². The molecule has 0 amide bonds. The van der Waals surface area contributed by atoms with Crippen LogP contribution in [-0.2, 0) is 5.41 Å². The van der Waals surface area contributed by atoms with E-state index in [1.54, 1.807) is 0 Å². The molecule has 0 atom stereocenters. The number of nitrogens with two attached hydrogens (primary N) is 1. The van der Waals surface area contributed by atoms with Gasteiger partial charge in [-0.15, -0.1) is 0 Å². The first kappa shape index (κ1) is 12.7. The van der Waals surface area contributed by atoms with Gasteiger partial charge < -0.3 is 10.7 Å². The molecule has 1 heterocycles. The van der Waals surface area contributed by atoms with Crippen molar-refractivity contribution in [1.82, 2.24) is 4.98 Å². The third-order valence-electron chi connectivity index (χ3n) is 5.04. The third-order valence-corrected chi connectivity index (χ3v) is 5.04. The molecule has 0 unspecified atom stereocenters. The summed E-state index contributed by atoms with van der Waals surface area (Å²) < 4.78 is 0. The van der Waals surface area contributed by atoms with Crippen LogP contribution in [0.25, 0.3) is 10.9 Å². The van der Waals surface area contributed by atoms with Gasteiger partial charge >= 0.3 is 0 Å². The van der Waals surface area contributed by atoms with Crippen LogP contribution in [0.1, 0.15) is 48.1 Å². The topological polar surface area (TPSA) is 41.8 Å². The molecule has 1 aliphatic rings. The third kappa shape index (κ3) is 1.73. The molecule has 1 fully saturated rings. The van der Waals surface area contributed by atoms with Crippen LogP contribution < -0.4 is 5.73 Å². The van der Waals surface area contributed by atoms with E-state index in [0.717, 1.165) is 6.54 Å². The first-order valence-electron chi connectivity index (χ1n) is 7.38. The smallest absolute Gasteiger partial charge is 0.0491 e. The number of benzene rings is 1. The summed E-state index contributed by atoms with van der Waals surface area (Å²) in [5.41, 5.74) is 13.2. The van der Waals surface area contributed by atoms with Gasteiger partial charge in [0.15, 0.2) is 0 Å². The minimum atomic E-state index is 0.209. The van der Waals surface area contributed by atoms with Gasteiger partial charge in [0.1, 0.15) is 0 Å². The molecular weight excluding hydrogens is 232 g/mol. The predicted octanol–water partition coefficient (Wildman–Crippen LogP) is 3.86. The van der Waals surface area contributed by atoms with Crippen molar-refractivity contribution < 1.29 is 0 Å². The quantitative estimate of drug-likeness (QED) is 0.841. The highest BCUT2D eigenvalue weighted by atomic mass is 14.7. The Balaban J connectivity index is 2.34. The van der Waals surface area contributed by atoms with Gasteiger partial charge in [-0.05, 0) is 50.3 Å². The van der Waals surface area contributed by atoms with Gasteiger partial charge in [-0.1, -0.05) is 25.0 Å². The van der Waals surface area contributed by atoms with Crippen LogP contribution in [-0.4, -0.2) is 11.5 Å². The Morgan fingerprint density at radius 3 is 2.37 bits per heavy atom. The summed E-state index contributed by atoms with van der Waals surface area (Å²) >= 11 is 0. The van der Waals surface area contributed by atoms with Crippen LogP contribution in [0, 0.1) is 20.8 Å². The maximum absolute atomic E-state index is 6.19. The van der Waals surface area contributed by atoms with Gasteiger partial charge in [-0.3, -0.25) is 0 Å². The number of fused-ring (bicyclic) bond motifs is 1. The van der Waals surface area contributed by atoms with E-state index in [2.05, 4.69) is 37.9 Å². The van der Waals surface area contributed by atoms with E-state index in [-0.39, 0.29) is 5.41 Å². The fourth-order valence-electron chi connectivity index (χ4n) is 4.00. The number of hydrogen-bond acceptors (Lipinski definition) is 1. The highest BCUT2D eigenvalue weighted by molar-refractivity contribution is 5.91. The number of H-pyrrole nitrogens is 1. The van der Waals surface area contributed by atoms with Crippen LogP contribution in [0.5, 0.6) is 0 Å². The molecule has 0 bridgehead atoms. The Kier molecular flexibility index (Phi) is 2.94. The summed E-state index contributed by atoms with van der Waals surface area (Å²) in [6.07, 6.45) is 5.11. The lowest BCUT2D eigenvalue weighted by Gasteiger charge is -2.28. The molecule has 3 N–H and O–H groups in total. The largest absolute Gasteiger partial charge is 0.358 e. The zero-order chi connectivity index (χ0) is 13.6. The predicted molar refractivity (Wildman–Crippen MR) is 81.7 cm³/mol. The van der Waals surface area contributed by atoms with Crippen molar-refractivity contribution in [2.24, 2.45) is 5.73 Å². The fourth-order valence-corrected chi connectivity index (χ4v) is 4.00. The minimum Gasteiger partial charge on any atom is -0.358 e. The summed E-state index contributed by atoms with van der Waals surface area (Å²) in [5.74, 6) is 0. The van der Waals surface area contributed by atoms with Crippen molar-refractivity contribution >= 4 is 10.9 Å². The average molecular weight is 256 g/mol. The zero-order valence-electron chi connectivity index (χ0n) is 12.3. The Labute approximate surface area is 115 Å².